The lowest BCUT2D eigenvalue weighted by molar-refractivity contribution is -0.173. The van der Waals surface area contributed by atoms with Gasteiger partial charge in [0.05, 0.1) is 13.2 Å². The molecule has 0 bridgehead atoms. The largest absolute Gasteiger partial charge is 0.465 e. The van der Waals surface area contributed by atoms with E-state index in [1.54, 1.807) is 20.8 Å². The maximum atomic E-state index is 12.7. The molecule has 134 valence electrons. The standard InChI is InChI=1S/C19H27BrO4/c1-6-23-17(21)19(5,18(22)24-7-2)16(13(3)4)15-10-8-14(12-20)9-11-15/h8-11,13,16H,6-7,12H2,1-5H3. The minimum atomic E-state index is -1.38. The van der Waals surface area contributed by atoms with E-state index in [1.807, 2.05) is 38.1 Å². The van der Waals surface area contributed by atoms with E-state index >= 15 is 0 Å². The van der Waals surface area contributed by atoms with Crippen molar-refractivity contribution in [3.63, 3.8) is 0 Å². The third-order valence-electron chi connectivity index (χ3n) is 4.18. The summed E-state index contributed by atoms with van der Waals surface area (Å²) < 4.78 is 10.4. The first-order valence-electron chi connectivity index (χ1n) is 8.32. The highest BCUT2D eigenvalue weighted by Gasteiger charge is 2.52. The van der Waals surface area contributed by atoms with E-state index in [0.717, 1.165) is 16.5 Å². The molecule has 1 unspecified atom stereocenters. The van der Waals surface area contributed by atoms with Gasteiger partial charge in [-0.15, -0.1) is 0 Å². The molecule has 0 heterocycles. The lowest BCUT2D eigenvalue weighted by Gasteiger charge is -2.36. The molecule has 0 aliphatic heterocycles. The molecule has 24 heavy (non-hydrogen) atoms. The van der Waals surface area contributed by atoms with E-state index < -0.39 is 17.4 Å². The van der Waals surface area contributed by atoms with Gasteiger partial charge in [0, 0.05) is 11.2 Å². The van der Waals surface area contributed by atoms with Gasteiger partial charge in [0.25, 0.3) is 0 Å². The van der Waals surface area contributed by atoms with E-state index in [0.29, 0.717) is 0 Å². The van der Waals surface area contributed by atoms with E-state index in [1.165, 1.54) is 0 Å². The second kappa shape index (κ2) is 9.21. The van der Waals surface area contributed by atoms with E-state index in [2.05, 4.69) is 15.9 Å². The van der Waals surface area contributed by atoms with Crippen LogP contribution in [0.1, 0.15) is 51.7 Å². The van der Waals surface area contributed by atoms with Crippen LogP contribution in [0.5, 0.6) is 0 Å². The van der Waals surface area contributed by atoms with Crippen molar-refractivity contribution in [3.05, 3.63) is 35.4 Å². The number of hydrogen-bond donors (Lipinski definition) is 0. The molecule has 1 aromatic carbocycles. The maximum absolute atomic E-state index is 12.7. The summed E-state index contributed by atoms with van der Waals surface area (Å²) in [6, 6.07) is 7.93. The molecule has 0 aromatic heterocycles. The number of hydrogen-bond acceptors (Lipinski definition) is 4. The third-order valence-corrected chi connectivity index (χ3v) is 4.83. The summed E-state index contributed by atoms with van der Waals surface area (Å²) in [5, 5.41) is 0.757. The van der Waals surface area contributed by atoms with Crippen LogP contribution < -0.4 is 0 Å². The molecule has 0 fully saturated rings. The second-order valence-corrected chi connectivity index (χ2v) is 6.80. The molecule has 0 saturated carbocycles. The number of ether oxygens (including phenoxy) is 2. The summed E-state index contributed by atoms with van der Waals surface area (Å²) in [6.07, 6.45) is 0. The number of esters is 2. The van der Waals surface area contributed by atoms with Crippen LogP contribution in [0, 0.1) is 11.3 Å². The van der Waals surface area contributed by atoms with E-state index in [-0.39, 0.29) is 25.0 Å². The number of carbonyl (C=O) groups excluding carboxylic acids is 2. The first-order chi connectivity index (χ1) is 11.3. The van der Waals surface area contributed by atoms with Gasteiger partial charge in [-0.1, -0.05) is 54.0 Å². The molecule has 4 nitrogen and oxygen atoms in total. The second-order valence-electron chi connectivity index (χ2n) is 6.24. The first-order valence-corrected chi connectivity index (χ1v) is 9.44. The van der Waals surface area contributed by atoms with Crippen LogP contribution in [0.15, 0.2) is 24.3 Å². The van der Waals surface area contributed by atoms with Crippen molar-refractivity contribution in [2.75, 3.05) is 13.2 Å². The zero-order valence-corrected chi connectivity index (χ0v) is 16.7. The van der Waals surface area contributed by atoms with Gasteiger partial charge in [-0.05, 0) is 37.8 Å². The topological polar surface area (TPSA) is 52.6 Å². The Morgan fingerprint density at radius 3 is 1.83 bits per heavy atom. The fraction of sp³-hybridized carbons (Fsp3) is 0.579. The van der Waals surface area contributed by atoms with Gasteiger partial charge < -0.3 is 9.47 Å². The Bertz CT molecular complexity index is 533. The Morgan fingerprint density at radius 2 is 1.50 bits per heavy atom. The minimum Gasteiger partial charge on any atom is -0.465 e. The van der Waals surface area contributed by atoms with Crippen LogP contribution in [0.2, 0.25) is 0 Å². The Hall–Kier alpha value is -1.36. The molecule has 0 N–H and O–H groups in total. The highest BCUT2D eigenvalue weighted by atomic mass is 79.9. The molecule has 0 radical (unpaired) electrons. The number of benzene rings is 1. The van der Waals surface area contributed by atoms with Crippen molar-refractivity contribution in [1.82, 2.24) is 0 Å². The lowest BCUT2D eigenvalue weighted by atomic mass is 9.68. The number of rotatable bonds is 8. The monoisotopic (exact) mass is 398 g/mol. The number of alkyl halides is 1. The van der Waals surface area contributed by atoms with Gasteiger partial charge >= 0.3 is 11.9 Å². The summed E-state index contributed by atoms with van der Waals surface area (Å²) >= 11 is 3.43. The van der Waals surface area contributed by atoms with E-state index in [9.17, 15) is 9.59 Å². The van der Waals surface area contributed by atoms with Crippen LogP contribution >= 0.6 is 15.9 Å². The van der Waals surface area contributed by atoms with Gasteiger partial charge in [-0.25, -0.2) is 0 Å². The zero-order chi connectivity index (χ0) is 18.3. The molecular weight excluding hydrogens is 372 g/mol. The van der Waals surface area contributed by atoms with Gasteiger partial charge in [0.1, 0.15) is 0 Å². The van der Waals surface area contributed by atoms with Gasteiger partial charge in [0.15, 0.2) is 5.41 Å². The highest BCUT2D eigenvalue weighted by molar-refractivity contribution is 9.08. The molecule has 5 heteroatoms. The van der Waals surface area contributed by atoms with Crippen molar-refractivity contribution in [2.45, 2.75) is 45.9 Å². The number of halogens is 1. The van der Waals surface area contributed by atoms with Gasteiger partial charge in [-0.2, -0.15) is 0 Å². The summed E-state index contributed by atoms with van der Waals surface area (Å²) in [5.74, 6) is -1.35. The Kier molecular flexibility index (Phi) is 7.94. The van der Waals surface area contributed by atoms with Crippen LogP contribution in [0.25, 0.3) is 0 Å². The lowest BCUT2D eigenvalue weighted by Crippen LogP contribution is -2.46. The summed E-state index contributed by atoms with van der Waals surface area (Å²) in [4.78, 5) is 25.4. The Labute approximate surface area is 153 Å². The molecule has 1 aromatic rings. The fourth-order valence-corrected chi connectivity index (χ4v) is 3.47. The smallest absolute Gasteiger partial charge is 0.323 e. The number of carbonyl (C=O) groups is 2. The Morgan fingerprint density at radius 1 is 1.04 bits per heavy atom. The molecule has 0 saturated heterocycles. The van der Waals surface area contributed by atoms with Gasteiger partial charge in [-0.3, -0.25) is 9.59 Å². The molecule has 1 rings (SSSR count). The predicted octanol–water partition coefficient (Wildman–Crippen LogP) is 4.45. The third kappa shape index (κ3) is 4.38. The minimum absolute atomic E-state index is 0.0543. The van der Waals surface area contributed by atoms with Crippen molar-refractivity contribution in [2.24, 2.45) is 11.3 Å². The van der Waals surface area contributed by atoms with Gasteiger partial charge in [0.2, 0.25) is 0 Å². The fourth-order valence-electron chi connectivity index (χ4n) is 3.10. The maximum Gasteiger partial charge on any atom is 0.323 e. The van der Waals surface area contributed by atoms with Crippen molar-refractivity contribution in [1.29, 1.82) is 0 Å². The highest BCUT2D eigenvalue weighted by Crippen LogP contribution is 2.43. The zero-order valence-electron chi connectivity index (χ0n) is 15.1. The quantitative estimate of drug-likeness (QED) is 0.368. The SMILES string of the molecule is CCOC(=O)C(C)(C(=O)OCC)C(c1ccc(CBr)cc1)C(C)C. The summed E-state index contributed by atoms with van der Waals surface area (Å²) in [7, 11) is 0. The average molecular weight is 399 g/mol. The van der Waals surface area contributed by atoms with Crippen molar-refractivity contribution in [3.8, 4) is 0 Å². The molecule has 0 aliphatic rings. The van der Waals surface area contributed by atoms with E-state index in [4.69, 9.17) is 9.47 Å². The predicted molar refractivity (Wildman–Crippen MR) is 98.0 cm³/mol. The van der Waals surface area contributed by atoms with Crippen molar-refractivity contribution < 1.29 is 19.1 Å². The summed E-state index contributed by atoms with van der Waals surface area (Å²) in [6.45, 7) is 9.55. The van der Waals surface area contributed by atoms with Crippen LogP contribution in [0.4, 0.5) is 0 Å². The molecular formula is C19H27BrO4. The molecule has 1 atom stereocenters. The normalized spacial score (nSPS) is 12.8. The Balaban J connectivity index is 3.40. The van der Waals surface area contributed by atoms with Crippen LogP contribution in [0.3, 0.4) is 0 Å². The molecule has 0 spiro atoms. The average Bonchev–Trinajstić information content (AvgIpc) is 2.55. The van der Waals surface area contributed by atoms with Crippen LogP contribution in [-0.2, 0) is 24.4 Å². The van der Waals surface area contributed by atoms with Crippen LogP contribution in [-0.4, -0.2) is 25.2 Å². The summed E-state index contributed by atoms with van der Waals surface area (Å²) in [5.41, 5.74) is 0.685. The molecule has 0 amide bonds. The van der Waals surface area contributed by atoms with Crippen molar-refractivity contribution >= 4 is 27.9 Å². The first kappa shape index (κ1) is 20.7. The molecule has 0 aliphatic carbocycles.